The lowest BCUT2D eigenvalue weighted by atomic mass is 9.89. The van der Waals surface area contributed by atoms with Crippen molar-refractivity contribution in [1.29, 1.82) is 0 Å². The van der Waals surface area contributed by atoms with Gasteiger partial charge >= 0.3 is 0 Å². The molecule has 0 atom stereocenters. The maximum Gasteiger partial charge on any atom is 0.123 e. The second-order valence-electron chi connectivity index (χ2n) is 4.54. The standard InChI is InChI=1S/C16H12F2N2/c17-13-5-1-11(2-6-13)16(15-9-19-10-20-15)12-3-7-14(18)8-4-12/h1-10,16H,(H,19,20). The Morgan fingerprint density at radius 2 is 1.30 bits per heavy atom. The van der Waals surface area contributed by atoms with E-state index in [1.54, 1.807) is 36.8 Å². The van der Waals surface area contributed by atoms with Crippen LogP contribution >= 0.6 is 0 Å². The van der Waals surface area contributed by atoms with Crippen LogP contribution in [0, 0.1) is 11.6 Å². The van der Waals surface area contributed by atoms with Gasteiger partial charge in [-0.1, -0.05) is 24.3 Å². The summed E-state index contributed by atoms with van der Waals surface area (Å²) in [6.45, 7) is 0. The van der Waals surface area contributed by atoms with Crippen molar-refractivity contribution in [3.63, 3.8) is 0 Å². The summed E-state index contributed by atoms with van der Waals surface area (Å²) >= 11 is 0. The summed E-state index contributed by atoms with van der Waals surface area (Å²) in [5.41, 5.74) is 2.72. The molecular formula is C16H12F2N2. The molecule has 0 amide bonds. The number of aromatic amines is 1. The first-order valence-electron chi connectivity index (χ1n) is 6.23. The van der Waals surface area contributed by atoms with E-state index >= 15 is 0 Å². The number of H-pyrrole nitrogens is 1. The number of nitrogens with zero attached hydrogens (tertiary/aromatic N) is 1. The van der Waals surface area contributed by atoms with Crippen molar-refractivity contribution >= 4 is 0 Å². The number of imidazole rings is 1. The van der Waals surface area contributed by atoms with Gasteiger partial charge in [-0.15, -0.1) is 0 Å². The molecule has 0 spiro atoms. The van der Waals surface area contributed by atoms with Crippen LogP contribution in [-0.2, 0) is 0 Å². The van der Waals surface area contributed by atoms with E-state index in [1.807, 2.05) is 0 Å². The van der Waals surface area contributed by atoms with Crippen molar-refractivity contribution < 1.29 is 8.78 Å². The number of aromatic nitrogens is 2. The summed E-state index contributed by atoms with van der Waals surface area (Å²) in [5.74, 6) is -0.689. The Morgan fingerprint density at radius 1 is 0.800 bits per heavy atom. The van der Waals surface area contributed by atoms with Crippen LogP contribution in [0.3, 0.4) is 0 Å². The predicted molar refractivity (Wildman–Crippen MR) is 72.3 cm³/mol. The van der Waals surface area contributed by atoms with Gasteiger partial charge in [0, 0.05) is 11.9 Å². The smallest absolute Gasteiger partial charge is 0.123 e. The Hall–Kier alpha value is -2.49. The monoisotopic (exact) mass is 270 g/mol. The van der Waals surface area contributed by atoms with Crippen LogP contribution in [0.25, 0.3) is 0 Å². The second kappa shape index (κ2) is 5.25. The first-order valence-corrected chi connectivity index (χ1v) is 6.23. The predicted octanol–water partition coefficient (Wildman–Crippen LogP) is 3.87. The van der Waals surface area contributed by atoms with Crippen LogP contribution in [0.1, 0.15) is 22.7 Å². The molecular weight excluding hydrogens is 258 g/mol. The molecule has 1 N–H and O–H groups in total. The van der Waals surface area contributed by atoms with Gasteiger partial charge in [0.15, 0.2) is 0 Å². The third-order valence-electron chi connectivity index (χ3n) is 3.24. The highest BCUT2D eigenvalue weighted by Gasteiger charge is 2.18. The summed E-state index contributed by atoms with van der Waals surface area (Å²) < 4.78 is 26.2. The third-order valence-corrected chi connectivity index (χ3v) is 3.24. The molecule has 0 saturated heterocycles. The van der Waals surface area contributed by atoms with E-state index in [4.69, 9.17) is 0 Å². The van der Waals surface area contributed by atoms with Gasteiger partial charge in [-0.3, -0.25) is 0 Å². The molecule has 20 heavy (non-hydrogen) atoms. The zero-order chi connectivity index (χ0) is 13.9. The first-order chi connectivity index (χ1) is 9.74. The maximum atomic E-state index is 13.1. The van der Waals surface area contributed by atoms with Crippen LogP contribution in [0.4, 0.5) is 8.78 Å². The molecule has 0 unspecified atom stereocenters. The molecule has 1 heterocycles. The van der Waals surface area contributed by atoms with Crippen molar-refractivity contribution in [3.8, 4) is 0 Å². The molecule has 0 aliphatic rings. The normalized spacial score (nSPS) is 10.9. The fourth-order valence-electron chi connectivity index (χ4n) is 2.29. The quantitative estimate of drug-likeness (QED) is 0.769. The number of hydrogen-bond acceptors (Lipinski definition) is 1. The lowest BCUT2D eigenvalue weighted by molar-refractivity contribution is 0.626. The molecule has 4 heteroatoms. The number of nitrogens with one attached hydrogen (secondary N) is 1. The minimum atomic E-state index is -0.281. The summed E-state index contributed by atoms with van der Waals surface area (Å²) in [5, 5.41) is 0. The Bertz CT molecular complexity index is 628. The fraction of sp³-hybridized carbons (Fsp3) is 0.0625. The van der Waals surface area contributed by atoms with E-state index < -0.39 is 0 Å². The largest absolute Gasteiger partial charge is 0.348 e. The van der Waals surface area contributed by atoms with E-state index in [2.05, 4.69) is 9.97 Å². The second-order valence-corrected chi connectivity index (χ2v) is 4.54. The van der Waals surface area contributed by atoms with Gasteiger partial charge in [-0.2, -0.15) is 0 Å². The average Bonchev–Trinajstić information content (AvgIpc) is 2.97. The van der Waals surface area contributed by atoms with E-state index in [1.165, 1.54) is 24.3 Å². The first kappa shape index (κ1) is 12.5. The Balaban J connectivity index is 2.09. The van der Waals surface area contributed by atoms with Gasteiger partial charge in [0.2, 0.25) is 0 Å². The molecule has 2 aromatic carbocycles. The van der Waals surface area contributed by atoms with Gasteiger partial charge in [0.05, 0.1) is 12.2 Å². The number of benzene rings is 2. The van der Waals surface area contributed by atoms with E-state index in [0.717, 1.165) is 16.8 Å². The molecule has 0 bridgehead atoms. The topological polar surface area (TPSA) is 28.7 Å². The van der Waals surface area contributed by atoms with Crippen molar-refractivity contribution in [1.82, 2.24) is 9.97 Å². The van der Waals surface area contributed by atoms with Crippen molar-refractivity contribution in [2.24, 2.45) is 0 Å². The number of rotatable bonds is 3. The van der Waals surface area contributed by atoms with Crippen LogP contribution in [-0.4, -0.2) is 9.97 Å². The highest BCUT2D eigenvalue weighted by Crippen LogP contribution is 2.30. The summed E-state index contributed by atoms with van der Waals surface area (Å²) in [4.78, 5) is 7.09. The van der Waals surface area contributed by atoms with E-state index in [0.29, 0.717) is 0 Å². The number of hydrogen-bond donors (Lipinski definition) is 1. The minimum Gasteiger partial charge on any atom is -0.348 e. The average molecular weight is 270 g/mol. The van der Waals surface area contributed by atoms with Crippen LogP contribution in [0.5, 0.6) is 0 Å². The molecule has 2 nitrogen and oxygen atoms in total. The molecule has 3 aromatic rings. The zero-order valence-electron chi connectivity index (χ0n) is 10.6. The van der Waals surface area contributed by atoms with Gasteiger partial charge in [0.1, 0.15) is 11.6 Å². The third kappa shape index (κ3) is 2.45. The summed E-state index contributed by atoms with van der Waals surface area (Å²) in [6, 6.07) is 12.6. The lowest BCUT2D eigenvalue weighted by Crippen LogP contribution is -2.04. The van der Waals surface area contributed by atoms with Crippen molar-refractivity contribution in [2.75, 3.05) is 0 Å². The number of halogens is 2. The zero-order valence-corrected chi connectivity index (χ0v) is 10.6. The maximum absolute atomic E-state index is 13.1. The Morgan fingerprint density at radius 3 is 1.70 bits per heavy atom. The molecule has 0 aliphatic carbocycles. The van der Waals surface area contributed by atoms with Crippen LogP contribution in [0.15, 0.2) is 61.1 Å². The van der Waals surface area contributed by atoms with Crippen LogP contribution in [0.2, 0.25) is 0 Å². The van der Waals surface area contributed by atoms with Crippen molar-refractivity contribution in [3.05, 3.63) is 89.5 Å². The SMILES string of the molecule is Fc1ccc(C(c2ccc(F)cc2)c2cnc[nH]2)cc1. The highest BCUT2D eigenvalue weighted by molar-refractivity contribution is 5.39. The Labute approximate surface area is 115 Å². The molecule has 0 saturated carbocycles. The summed E-state index contributed by atoms with van der Waals surface area (Å²) in [6.07, 6.45) is 3.31. The van der Waals surface area contributed by atoms with E-state index in [-0.39, 0.29) is 17.6 Å². The molecule has 100 valence electrons. The highest BCUT2D eigenvalue weighted by atomic mass is 19.1. The lowest BCUT2D eigenvalue weighted by Gasteiger charge is -2.16. The molecule has 1 aromatic heterocycles. The van der Waals surface area contributed by atoms with Gasteiger partial charge in [-0.25, -0.2) is 13.8 Å². The van der Waals surface area contributed by atoms with Crippen molar-refractivity contribution in [2.45, 2.75) is 5.92 Å². The summed E-state index contributed by atoms with van der Waals surface area (Å²) in [7, 11) is 0. The Kier molecular flexibility index (Phi) is 3.29. The minimum absolute atomic E-state index is 0.126. The molecule has 0 radical (unpaired) electrons. The van der Waals surface area contributed by atoms with Gasteiger partial charge < -0.3 is 4.98 Å². The van der Waals surface area contributed by atoms with E-state index in [9.17, 15) is 8.78 Å². The molecule has 0 aliphatic heterocycles. The van der Waals surface area contributed by atoms with Crippen LogP contribution < -0.4 is 0 Å². The van der Waals surface area contributed by atoms with Gasteiger partial charge in [0.25, 0.3) is 0 Å². The molecule has 0 fully saturated rings. The molecule has 3 rings (SSSR count). The van der Waals surface area contributed by atoms with Gasteiger partial charge in [-0.05, 0) is 35.4 Å². The fourth-order valence-corrected chi connectivity index (χ4v) is 2.29.